The Morgan fingerprint density at radius 1 is 1.67 bits per heavy atom. The van der Waals surface area contributed by atoms with E-state index in [1.54, 1.807) is 0 Å². The van der Waals surface area contributed by atoms with Crippen molar-refractivity contribution in [2.45, 2.75) is 39.0 Å². The van der Waals surface area contributed by atoms with Crippen LogP contribution in [0.2, 0.25) is 0 Å². The van der Waals surface area contributed by atoms with Crippen LogP contribution in [-0.2, 0) is 11.3 Å². The molecule has 1 aliphatic rings. The van der Waals surface area contributed by atoms with Crippen molar-refractivity contribution in [3.8, 4) is 0 Å². The van der Waals surface area contributed by atoms with E-state index < -0.39 is 0 Å². The Morgan fingerprint density at radius 2 is 2.50 bits per heavy atom. The minimum atomic E-state index is 0.222. The van der Waals surface area contributed by atoms with Crippen LogP contribution in [0.3, 0.4) is 0 Å². The molecule has 0 amide bonds. The van der Waals surface area contributed by atoms with E-state index in [1.165, 1.54) is 0 Å². The molecular formula is C9H14N2O. The van der Waals surface area contributed by atoms with Gasteiger partial charge in [-0.15, -0.1) is 0 Å². The van der Waals surface area contributed by atoms with Gasteiger partial charge in [-0.2, -0.15) is 0 Å². The number of aryl methyl sites for hydroxylation is 1. The third-order valence-electron chi connectivity index (χ3n) is 2.10. The maximum atomic E-state index is 5.71. The van der Waals surface area contributed by atoms with Gasteiger partial charge in [-0.25, -0.2) is 4.98 Å². The molecule has 1 aromatic rings. The average molecular weight is 166 g/mol. The highest BCUT2D eigenvalue weighted by Crippen LogP contribution is 2.28. The van der Waals surface area contributed by atoms with Gasteiger partial charge in [-0.1, -0.05) is 0 Å². The molecule has 0 aromatic carbocycles. The van der Waals surface area contributed by atoms with Crippen molar-refractivity contribution >= 4 is 0 Å². The summed E-state index contributed by atoms with van der Waals surface area (Å²) in [6.45, 7) is 5.17. The fourth-order valence-corrected chi connectivity index (χ4v) is 1.64. The highest BCUT2D eigenvalue weighted by Gasteiger charge is 2.24. The Hall–Kier alpha value is -0.830. The Balaban J connectivity index is 2.12. The fourth-order valence-electron chi connectivity index (χ4n) is 1.64. The molecule has 0 aliphatic carbocycles. The second-order valence-corrected chi connectivity index (χ2v) is 3.44. The van der Waals surface area contributed by atoms with Crippen LogP contribution in [0, 0.1) is 0 Å². The molecule has 0 saturated heterocycles. The largest absolute Gasteiger partial charge is 0.368 e. The van der Waals surface area contributed by atoms with Crippen molar-refractivity contribution in [1.82, 2.24) is 9.55 Å². The zero-order chi connectivity index (χ0) is 8.55. The highest BCUT2D eigenvalue weighted by molar-refractivity contribution is 5.01. The molecular weight excluding hydrogens is 152 g/mol. The average Bonchev–Trinajstić information content (AvgIpc) is 2.52. The van der Waals surface area contributed by atoms with Crippen molar-refractivity contribution in [3.05, 3.63) is 18.2 Å². The molecule has 0 spiro atoms. The van der Waals surface area contributed by atoms with Crippen molar-refractivity contribution in [1.29, 1.82) is 0 Å². The van der Waals surface area contributed by atoms with E-state index in [9.17, 15) is 0 Å². The molecule has 2 heterocycles. The zero-order valence-corrected chi connectivity index (χ0v) is 7.53. The third-order valence-corrected chi connectivity index (χ3v) is 2.10. The Labute approximate surface area is 72.4 Å². The number of rotatable bonds is 2. The van der Waals surface area contributed by atoms with E-state index in [0.29, 0.717) is 6.10 Å². The van der Waals surface area contributed by atoms with Gasteiger partial charge in [0.25, 0.3) is 0 Å². The summed E-state index contributed by atoms with van der Waals surface area (Å²) in [5.74, 6) is 1.09. The van der Waals surface area contributed by atoms with Crippen molar-refractivity contribution in [3.63, 3.8) is 0 Å². The minimum Gasteiger partial charge on any atom is -0.368 e. The standard InChI is InChI=1S/C9H14N2O/c1-7(2)12-8-3-5-11-6-4-10-9(8)11/h4,6-8H,3,5H2,1-2H3. The van der Waals surface area contributed by atoms with Gasteiger partial charge in [0.1, 0.15) is 11.9 Å². The van der Waals surface area contributed by atoms with E-state index in [0.717, 1.165) is 18.8 Å². The molecule has 0 radical (unpaired) electrons. The lowest BCUT2D eigenvalue weighted by atomic mass is 10.3. The van der Waals surface area contributed by atoms with Crippen molar-refractivity contribution in [2.24, 2.45) is 0 Å². The summed E-state index contributed by atoms with van der Waals surface area (Å²) in [6, 6.07) is 0. The monoisotopic (exact) mass is 166 g/mol. The first-order chi connectivity index (χ1) is 5.77. The smallest absolute Gasteiger partial charge is 0.137 e. The van der Waals surface area contributed by atoms with Crippen LogP contribution < -0.4 is 0 Å². The summed E-state index contributed by atoms with van der Waals surface area (Å²) in [6.07, 6.45) is 5.43. The first-order valence-electron chi connectivity index (χ1n) is 4.44. The number of fused-ring (bicyclic) bond motifs is 1. The first kappa shape index (κ1) is 7.80. The van der Waals surface area contributed by atoms with Crippen molar-refractivity contribution in [2.75, 3.05) is 0 Å². The summed E-state index contributed by atoms with van der Waals surface area (Å²) in [5.41, 5.74) is 0. The van der Waals surface area contributed by atoms with E-state index in [1.807, 2.05) is 12.4 Å². The maximum absolute atomic E-state index is 5.71. The summed E-state index contributed by atoms with van der Waals surface area (Å²) in [5, 5.41) is 0. The van der Waals surface area contributed by atoms with E-state index in [-0.39, 0.29) is 6.10 Å². The summed E-state index contributed by atoms with van der Waals surface area (Å²) in [7, 11) is 0. The van der Waals surface area contributed by atoms with Gasteiger partial charge < -0.3 is 9.30 Å². The SMILES string of the molecule is CC(C)OC1CCn2ccnc21. The van der Waals surface area contributed by atoms with Gasteiger partial charge in [-0.05, 0) is 20.3 Å². The first-order valence-corrected chi connectivity index (χ1v) is 4.44. The number of hydrogen-bond acceptors (Lipinski definition) is 2. The lowest BCUT2D eigenvalue weighted by Crippen LogP contribution is -2.08. The minimum absolute atomic E-state index is 0.222. The number of nitrogens with zero attached hydrogens (tertiary/aromatic N) is 2. The predicted molar refractivity (Wildman–Crippen MR) is 45.8 cm³/mol. The summed E-state index contributed by atoms with van der Waals surface area (Å²) >= 11 is 0. The van der Waals surface area contributed by atoms with Crippen LogP contribution in [0.4, 0.5) is 0 Å². The molecule has 66 valence electrons. The number of aromatic nitrogens is 2. The predicted octanol–water partition coefficient (Wildman–Crippen LogP) is 1.75. The van der Waals surface area contributed by atoms with Crippen LogP contribution in [-0.4, -0.2) is 15.7 Å². The maximum Gasteiger partial charge on any atom is 0.137 e. The fraction of sp³-hybridized carbons (Fsp3) is 0.667. The van der Waals surface area contributed by atoms with Crippen LogP contribution >= 0.6 is 0 Å². The second-order valence-electron chi connectivity index (χ2n) is 3.44. The molecule has 12 heavy (non-hydrogen) atoms. The molecule has 1 aromatic heterocycles. The quantitative estimate of drug-likeness (QED) is 0.669. The molecule has 0 saturated carbocycles. The Bertz CT molecular complexity index is 267. The molecule has 1 unspecified atom stereocenters. The Morgan fingerprint density at radius 3 is 3.25 bits per heavy atom. The van der Waals surface area contributed by atoms with E-state index in [4.69, 9.17) is 4.74 Å². The number of imidazole rings is 1. The van der Waals surface area contributed by atoms with Gasteiger partial charge in [-0.3, -0.25) is 0 Å². The van der Waals surface area contributed by atoms with Gasteiger partial charge >= 0.3 is 0 Å². The van der Waals surface area contributed by atoms with Gasteiger partial charge in [0.05, 0.1) is 6.10 Å². The molecule has 3 nitrogen and oxygen atoms in total. The lowest BCUT2D eigenvalue weighted by Gasteiger charge is -2.13. The van der Waals surface area contributed by atoms with Gasteiger partial charge in [0.2, 0.25) is 0 Å². The normalized spacial score (nSPS) is 21.8. The number of ether oxygens (including phenoxy) is 1. The molecule has 1 atom stereocenters. The Kier molecular flexibility index (Phi) is 1.89. The number of hydrogen-bond donors (Lipinski definition) is 0. The molecule has 1 aliphatic heterocycles. The summed E-state index contributed by atoms with van der Waals surface area (Å²) in [4.78, 5) is 4.27. The van der Waals surface area contributed by atoms with E-state index >= 15 is 0 Å². The molecule has 2 rings (SSSR count). The van der Waals surface area contributed by atoms with Crippen molar-refractivity contribution < 1.29 is 4.74 Å². The zero-order valence-electron chi connectivity index (χ0n) is 7.53. The highest BCUT2D eigenvalue weighted by atomic mass is 16.5. The van der Waals surface area contributed by atoms with Crippen LogP contribution in [0.15, 0.2) is 12.4 Å². The molecule has 0 bridgehead atoms. The topological polar surface area (TPSA) is 27.1 Å². The molecule has 3 heteroatoms. The second kappa shape index (κ2) is 2.90. The summed E-state index contributed by atoms with van der Waals surface area (Å²) < 4.78 is 7.87. The van der Waals surface area contributed by atoms with Gasteiger partial charge in [0, 0.05) is 18.9 Å². The van der Waals surface area contributed by atoms with Crippen LogP contribution in [0.1, 0.15) is 32.2 Å². The molecule has 0 fully saturated rings. The van der Waals surface area contributed by atoms with Crippen LogP contribution in [0.25, 0.3) is 0 Å². The van der Waals surface area contributed by atoms with Crippen LogP contribution in [0.5, 0.6) is 0 Å². The van der Waals surface area contributed by atoms with E-state index in [2.05, 4.69) is 23.4 Å². The lowest BCUT2D eigenvalue weighted by molar-refractivity contribution is 0.00557. The molecule has 0 N–H and O–H groups in total. The van der Waals surface area contributed by atoms with Gasteiger partial charge in [0.15, 0.2) is 0 Å². The third kappa shape index (κ3) is 1.25.